The number of hydrogen-bond acceptors (Lipinski definition) is 3. The molecule has 0 aliphatic heterocycles. The second kappa shape index (κ2) is 6.01. The molecule has 0 fully saturated rings. The number of esters is 1. The van der Waals surface area contributed by atoms with Crippen LogP contribution in [0.1, 0.15) is 12.5 Å². The molecule has 1 atom stereocenters. The summed E-state index contributed by atoms with van der Waals surface area (Å²) < 4.78 is 42.8. The average Bonchev–Trinajstić information content (AvgIpc) is 2.45. The molecule has 1 aromatic carbocycles. The van der Waals surface area contributed by atoms with Gasteiger partial charge in [0.25, 0.3) is 0 Å². The number of benzene rings is 1. The van der Waals surface area contributed by atoms with E-state index in [9.17, 15) is 18.0 Å². The summed E-state index contributed by atoms with van der Waals surface area (Å²) in [5, 5.41) is 0.801. The van der Waals surface area contributed by atoms with E-state index >= 15 is 0 Å². The summed E-state index contributed by atoms with van der Waals surface area (Å²) in [5.41, 5.74) is 1.14. The van der Waals surface area contributed by atoms with Crippen molar-refractivity contribution < 1.29 is 22.7 Å². The highest BCUT2D eigenvalue weighted by Crippen LogP contribution is 2.28. The van der Waals surface area contributed by atoms with Crippen LogP contribution < -0.4 is 0 Å². The third kappa shape index (κ3) is 3.53. The molecule has 1 aromatic heterocycles. The van der Waals surface area contributed by atoms with Crippen LogP contribution in [0.4, 0.5) is 13.2 Å². The lowest BCUT2D eigenvalue weighted by molar-refractivity contribution is -0.194. The van der Waals surface area contributed by atoms with E-state index < -0.39 is 18.1 Å². The van der Waals surface area contributed by atoms with E-state index in [2.05, 4.69) is 20.9 Å². The average molecular weight is 362 g/mol. The Morgan fingerprint density at radius 2 is 2.10 bits per heavy atom. The van der Waals surface area contributed by atoms with Gasteiger partial charge in [-0.2, -0.15) is 13.2 Å². The van der Waals surface area contributed by atoms with Gasteiger partial charge in [-0.1, -0.05) is 28.1 Å². The molecule has 1 heterocycles. The van der Waals surface area contributed by atoms with Gasteiger partial charge in [-0.05, 0) is 19.1 Å². The monoisotopic (exact) mass is 361 g/mol. The molecule has 0 N–H and O–H groups in total. The standard InChI is InChI=1S/C14H11BrF3NO2/c1-8(14(16,17)18)13(20)21-7-9-4-5-11(15)10-3-2-6-19-12(9)10/h2-6,8H,7H2,1H3. The first-order chi connectivity index (χ1) is 9.80. The maximum atomic E-state index is 12.4. The lowest BCUT2D eigenvalue weighted by atomic mass is 10.1. The van der Waals surface area contributed by atoms with Crippen molar-refractivity contribution in [3.63, 3.8) is 0 Å². The maximum Gasteiger partial charge on any atom is 0.401 e. The van der Waals surface area contributed by atoms with Crippen LogP contribution in [-0.4, -0.2) is 17.1 Å². The molecule has 0 amide bonds. The molecule has 0 aliphatic rings. The fraction of sp³-hybridized carbons (Fsp3) is 0.286. The molecule has 112 valence electrons. The van der Waals surface area contributed by atoms with Crippen molar-refractivity contribution in [2.45, 2.75) is 19.7 Å². The van der Waals surface area contributed by atoms with Crippen LogP contribution in [-0.2, 0) is 16.1 Å². The topological polar surface area (TPSA) is 39.2 Å². The van der Waals surface area contributed by atoms with Gasteiger partial charge in [-0.15, -0.1) is 0 Å². The summed E-state index contributed by atoms with van der Waals surface area (Å²) in [5.74, 6) is -3.44. The van der Waals surface area contributed by atoms with Crippen molar-refractivity contribution in [2.24, 2.45) is 5.92 Å². The van der Waals surface area contributed by atoms with E-state index in [-0.39, 0.29) is 6.61 Å². The highest BCUT2D eigenvalue weighted by molar-refractivity contribution is 9.10. The lowest BCUT2D eigenvalue weighted by Gasteiger charge is -2.15. The number of ether oxygens (including phenoxy) is 1. The molecule has 3 nitrogen and oxygen atoms in total. The number of alkyl halides is 3. The Labute approximate surface area is 127 Å². The number of carbonyl (C=O) groups excluding carboxylic acids is 1. The molecule has 2 aromatic rings. The summed E-state index contributed by atoms with van der Waals surface area (Å²) in [6.45, 7) is 0.528. The van der Waals surface area contributed by atoms with Gasteiger partial charge < -0.3 is 4.74 Å². The maximum absolute atomic E-state index is 12.4. The summed E-state index contributed by atoms with van der Waals surface area (Å²) in [7, 11) is 0. The quantitative estimate of drug-likeness (QED) is 0.767. The van der Waals surface area contributed by atoms with Gasteiger partial charge in [0.05, 0.1) is 5.52 Å². The van der Waals surface area contributed by atoms with Gasteiger partial charge in [0, 0.05) is 21.6 Å². The molecule has 21 heavy (non-hydrogen) atoms. The molecule has 0 radical (unpaired) electrons. The van der Waals surface area contributed by atoms with Gasteiger partial charge in [0.15, 0.2) is 0 Å². The molecule has 0 saturated carbocycles. The number of rotatable bonds is 3. The number of aromatic nitrogens is 1. The zero-order chi connectivity index (χ0) is 15.6. The molecule has 0 aliphatic carbocycles. The predicted octanol–water partition coefficient (Wildman–Crippen LogP) is 4.24. The summed E-state index contributed by atoms with van der Waals surface area (Å²) in [4.78, 5) is 15.6. The van der Waals surface area contributed by atoms with Crippen LogP contribution in [0.3, 0.4) is 0 Å². The van der Waals surface area contributed by atoms with E-state index in [1.807, 2.05) is 6.07 Å². The first-order valence-electron chi connectivity index (χ1n) is 6.06. The minimum absolute atomic E-state index is 0.250. The van der Waals surface area contributed by atoms with Crippen LogP contribution in [0.5, 0.6) is 0 Å². The minimum Gasteiger partial charge on any atom is -0.460 e. The normalized spacial score (nSPS) is 13.2. The van der Waals surface area contributed by atoms with Crippen molar-refractivity contribution in [1.82, 2.24) is 4.98 Å². The first kappa shape index (κ1) is 15.8. The van der Waals surface area contributed by atoms with Gasteiger partial charge >= 0.3 is 12.1 Å². The van der Waals surface area contributed by atoms with Crippen LogP contribution >= 0.6 is 15.9 Å². The van der Waals surface area contributed by atoms with E-state index in [1.165, 1.54) is 0 Å². The summed E-state index contributed by atoms with van der Waals surface area (Å²) in [6.07, 6.45) is -3.03. The van der Waals surface area contributed by atoms with E-state index in [1.54, 1.807) is 24.4 Å². The zero-order valence-electron chi connectivity index (χ0n) is 10.9. The van der Waals surface area contributed by atoms with Gasteiger partial charge in [0.2, 0.25) is 0 Å². The fourth-order valence-electron chi connectivity index (χ4n) is 1.72. The third-order valence-electron chi connectivity index (χ3n) is 3.01. The largest absolute Gasteiger partial charge is 0.460 e. The molecule has 1 unspecified atom stereocenters. The lowest BCUT2D eigenvalue weighted by Crippen LogP contribution is -2.29. The summed E-state index contributed by atoms with van der Waals surface area (Å²) in [6, 6.07) is 6.95. The second-order valence-corrected chi connectivity index (χ2v) is 5.33. The first-order valence-corrected chi connectivity index (χ1v) is 6.85. The Balaban J connectivity index is 2.18. The van der Waals surface area contributed by atoms with Crippen LogP contribution in [0.25, 0.3) is 10.9 Å². The Morgan fingerprint density at radius 3 is 2.76 bits per heavy atom. The smallest absolute Gasteiger partial charge is 0.401 e. The van der Waals surface area contributed by atoms with Crippen LogP contribution in [0.2, 0.25) is 0 Å². The van der Waals surface area contributed by atoms with Crippen LogP contribution in [0, 0.1) is 5.92 Å². The van der Waals surface area contributed by atoms with Crippen molar-refractivity contribution in [3.05, 3.63) is 40.5 Å². The van der Waals surface area contributed by atoms with E-state index in [4.69, 9.17) is 4.74 Å². The van der Waals surface area contributed by atoms with Crippen LogP contribution in [0.15, 0.2) is 34.9 Å². The van der Waals surface area contributed by atoms with Crippen molar-refractivity contribution in [2.75, 3.05) is 0 Å². The zero-order valence-corrected chi connectivity index (χ0v) is 12.5. The highest BCUT2D eigenvalue weighted by atomic mass is 79.9. The Kier molecular flexibility index (Phi) is 4.51. The molecule has 0 spiro atoms. The predicted molar refractivity (Wildman–Crippen MR) is 74.5 cm³/mol. The van der Waals surface area contributed by atoms with E-state index in [0.717, 1.165) is 16.8 Å². The highest BCUT2D eigenvalue weighted by Gasteiger charge is 2.42. The third-order valence-corrected chi connectivity index (χ3v) is 3.71. The minimum atomic E-state index is -4.60. The Morgan fingerprint density at radius 1 is 1.38 bits per heavy atom. The number of fused-ring (bicyclic) bond motifs is 1. The fourth-order valence-corrected chi connectivity index (χ4v) is 2.17. The Bertz CT molecular complexity index is 673. The molecule has 0 bridgehead atoms. The molecule has 7 heteroatoms. The van der Waals surface area contributed by atoms with E-state index in [0.29, 0.717) is 11.1 Å². The Hall–Kier alpha value is -1.63. The van der Waals surface area contributed by atoms with Gasteiger partial charge in [-0.25, -0.2) is 0 Å². The van der Waals surface area contributed by atoms with Gasteiger partial charge in [0.1, 0.15) is 12.5 Å². The number of nitrogens with zero attached hydrogens (tertiary/aromatic N) is 1. The number of hydrogen-bond donors (Lipinski definition) is 0. The molecular formula is C14H11BrF3NO2. The summed E-state index contributed by atoms with van der Waals surface area (Å²) >= 11 is 3.36. The number of carbonyl (C=O) groups is 1. The number of pyridine rings is 1. The van der Waals surface area contributed by atoms with Crippen molar-refractivity contribution in [3.8, 4) is 0 Å². The van der Waals surface area contributed by atoms with Crippen molar-refractivity contribution in [1.29, 1.82) is 0 Å². The molecular weight excluding hydrogens is 351 g/mol. The SMILES string of the molecule is CC(C(=O)OCc1ccc(Br)c2cccnc12)C(F)(F)F. The van der Waals surface area contributed by atoms with Gasteiger partial charge in [-0.3, -0.25) is 9.78 Å². The van der Waals surface area contributed by atoms with Crippen molar-refractivity contribution >= 4 is 32.8 Å². The number of halogens is 4. The second-order valence-electron chi connectivity index (χ2n) is 4.48. The molecule has 2 rings (SSSR count). The molecule has 0 saturated heterocycles.